The molecule has 0 N–H and O–H groups in total. The summed E-state index contributed by atoms with van der Waals surface area (Å²) in [5.41, 5.74) is 12.8. The Morgan fingerprint density at radius 1 is 0.489 bits per heavy atom. The highest BCUT2D eigenvalue weighted by Gasteiger charge is 2.37. The van der Waals surface area contributed by atoms with Gasteiger partial charge in [-0.2, -0.15) is 0 Å². The molecule has 0 unspecified atom stereocenters. The summed E-state index contributed by atoms with van der Waals surface area (Å²) < 4.78 is 0. The molecular weight excluding hydrogens is 542 g/mol. The molecule has 0 saturated carbocycles. The minimum atomic E-state index is -0.105. The minimum Gasteiger partial charge on any atom is -0.310 e. The van der Waals surface area contributed by atoms with E-state index < -0.39 is 0 Å². The third-order valence-corrected chi connectivity index (χ3v) is 9.78. The lowest BCUT2D eigenvalue weighted by atomic mass is 9.81. The molecule has 0 fully saturated rings. The molecule has 7 aromatic rings. The van der Waals surface area contributed by atoms with Crippen molar-refractivity contribution in [1.29, 1.82) is 0 Å². The fourth-order valence-electron chi connectivity index (χ4n) is 7.43. The van der Waals surface area contributed by atoms with Crippen molar-refractivity contribution in [3.8, 4) is 22.3 Å². The lowest BCUT2D eigenvalue weighted by Crippen LogP contribution is -2.17. The number of hydrogen-bond donors (Lipinski definition) is 0. The fourth-order valence-corrected chi connectivity index (χ4v) is 7.43. The lowest BCUT2D eigenvalue weighted by Gasteiger charge is -2.30. The molecule has 0 aliphatic heterocycles. The van der Waals surface area contributed by atoms with Gasteiger partial charge in [0, 0.05) is 22.4 Å². The van der Waals surface area contributed by atoms with Crippen LogP contribution in [-0.2, 0) is 5.41 Å². The third kappa shape index (κ3) is 4.46. The predicted molar refractivity (Wildman–Crippen MR) is 193 cm³/mol. The van der Waals surface area contributed by atoms with Gasteiger partial charge < -0.3 is 4.90 Å². The van der Waals surface area contributed by atoms with Crippen LogP contribution in [0.2, 0.25) is 0 Å². The largest absolute Gasteiger partial charge is 0.310 e. The topological polar surface area (TPSA) is 3.24 Å². The molecule has 7 aromatic carbocycles. The van der Waals surface area contributed by atoms with Crippen molar-refractivity contribution in [3.63, 3.8) is 0 Å². The summed E-state index contributed by atoms with van der Waals surface area (Å²) >= 11 is 0. The number of fused-ring (bicyclic) bond motifs is 5. The molecule has 0 spiro atoms. The van der Waals surface area contributed by atoms with Gasteiger partial charge in [0.05, 0.1) is 5.69 Å². The number of benzene rings is 7. The first-order valence-corrected chi connectivity index (χ1v) is 16.1. The number of nitrogens with zero attached hydrogens (tertiary/aromatic N) is 1. The van der Waals surface area contributed by atoms with E-state index in [2.05, 4.69) is 178 Å². The van der Waals surface area contributed by atoms with E-state index in [0.29, 0.717) is 5.92 Å². The molecule has 0 bridgehead atoms. The van der Waals surface area contributed by atoms with Gasteiger partial charge in [-0.15, -0.1) is 0 Å². The highest BCUT2D eigenvalue weighted by molar-refractivity contribution is 6.00. The van der Waals surface area contributed by atoms with E-state index in [1.807, 2.05) is 0 Å². The van der Waals surface area contributed by atoms with E-state index in [1.54, 1.807) is 0 Å². The second-order valence-corrected chi connectivity index (χ2v) is 13.2. The molecule has 45 heavy (non-hydrogen) atoms. The van der Waals surface area contributed by atoms with E-state index >= 15 is 0 Å². The standard InChI is InChI=1S/C44H37N/c1-29(2)37-19-12-20-40-43(37)38-24-23-36(28-41(38)44(40,3)4)45(35-22-21-30-13-8-9-16-32(30)25-35)42-27-34-18-11-10-17-33(34)26-39(42)31-14-6-5-7-15-31/h5-29H,1-4H3. The van der Waals surface area contributed by atoms with Crippen LogP contribution in [0, 0.1) is 0 Å². The third-order valence-electron chi connectivity index (χ3n) is 9.78. The van der Waals surface area contributed by atoms with E-state index in [4.69, 9.17) is 0 Å². The van der Waals surface area contributed by atoms with Crippen LogP contribution in [0.25, 0.3) is 43.8 Å². The van der Waals surface area contributed by atoms with E-state index in [9.17, 15) is 0 Å². The Kier molecular flexibility index (Phi) is 6.39. The van der Waals surface area contributed by atoms with Crippen LogP contribution in [0.15, 0.2) is 146 Å². The van der Waals surface area contributed by atoms with Gasteiger partial charge in [0.2, 0.25) is 0 Å². The van der Waals surface area contributed by atoms with Gasteiger partial charge in [-0.3, -0.25) is 0 Å². The molecule has 218 valence electrons. The molecular formula is C44H37N. The predicted octanol–water partition coefficient (Wildman–Crippen LogP) is 12.6. The van der Waals surface area contributed by atoms with Crippen LogP contribution < -0.4 is 4.90 Å². The summed E-state index contributed by atoms with van der Waals surface area (Å²) in [5.74, 6) is 0.460. The zero-order valence-corrected chi connectivity index (χ0v) is 26.4. The van der Waals surface area contributed by atoms with E-state index in [0.717, 1.165) is 5.69 Å². The van der Waals surface area contributed by atoms with Gasteiger partial charge in [-0.25, -0.2) is 0 Å². The average molecular weight is 580 g/mol. The molecule has 1 aliphatic rings. The van der Waals surface area contributed by atoms with Crippen LogP contribution >= 0.6 is 0 Å². The van der Waals surface area contributed by atoms with E-state index in [-0.39, 0.29) is 5.41 Å². The van der Waals surface area contributed by atoms with Crippen molar-refractivity contribution in [1.82, 2.24) is 0 Å². The Hall–Kier alpha value is -5.14. The molecule has 0 heterocycles. The zero-order valence-electron chi connectivity index (χ0n) is 26.4. The molecule has 0 radical (unpaired) electrons. The van der Waals surface area contributed by atoms with Crippen molar-refractivity contribution < 1.29 is 0 Å². The smallest absolute Gasteiger partial charge is 0.0546 e. The highest BCUT2D eigenvalue weighted by atomic mass is 15.1. The quantitative estimate of drug-likeness (QED) is 0.196. The number of hydrogen-bond acceptors (Lipinski definition) is 1. The first-order chi connectivity index (χ1) is 21.9. The van der Waals surface area contributed by atoms with Crippen molar-refractivity contribution in [2.24, 2.45) is 0 Å². The van der Waals surface area contributed by atoms with Crippen molar-refractivity contribution in [2.75, 3.05) is 4.90 Å². The Morgan fingerprint density at radius 2 is 1.11 bits per heavy atom. The van der Waals surface area contributed by atoms with Gasteiger partial charge in [0.25, 0.3) is 0 Å². The zero-order chi connectivity index (χ0) is 30.7. The number of rotatable bonds is 5. The van der Waals surface area contributed by atoms with Gasteiger partial charge in [-0.05, 0) is 97.2 Å². The van der Waals surface area contributed by atoms with Crippen molar-refractivity contribution in [3.05, 3.63) is 162 Å². The molecule has 0 aromatic heterocycles. The lowest BCUT2D eigenvalue weighted by molar-refractivity contribution is 0.659. The molecule has 0 atom stereocenters. The molecule has 8 rings (SSSR count). The first kappa shape index (κ1) is 27.4. The Morgan fingerprint density at radius 3 is 1.84 bits per heavy atom. The SMILES string of the molecule is CC(C)c1cccc2c1-c1ccc(N(c3ccc4ccccc4c3)c3cc4ccccc4cc3-c3ccccc3)cc1C2(C)C. The second-order valence-electron chi connectivity index (χ2n) is 13.2. The van der Waals surface area contributed by atoms with Gasteiger partial charge >= 0.3 is 0 Å². The first-order valence-electron chi connectivity index (χ1n) is 16.1. The van der Waals surface area contributed by atoms with Gasteiger partial charge in [-0.1, -0.05) is 137 Å². The molecule has 1 nitrogen and oxygen atoms in total. The summed E-state index contributed by atoms with van der Waals surface area (Å²) in [4.78, 5) is 2.48. The number of anilines is 3. The monoisotopic (exact) mass is 579 g/mol. The van der Waals surface area contributed by atoms with Crippen molar-refractivity contribution in [2.45, 2.75) is 39.0 Å². The second kappa shape index (κ2) is 10.5. The van der Waals surface area contributed by atoms with Crippen LogP contribution in [-0.4, -0.2) is 0 Å². The molecule has 0 saturated heterocycles. The Labute approximate surface area is 266 Å². The van der Waals surface area contributed by atoms with Crippen LogP contribution in [0.3, 0.4) is 0 Å². The van der Waals surface area contributed by atoms with E-state index in [1.165, 1.54) is 71.9 Å². The maximum Gasteiger partial charge on any atom is 0.0546 e. The Bertz CT molecular complexity index is 2220. The summed E-state index contributed by atoms with van der Waals surface area (Å²) in [6.45, 7) is 9.39. The maximum atomic E-state index is 2.48. The van der Waals surface area contributed by atoms with Gasteiger partial charge in [0.15, 0.2) is 0 Å². The summed E-state index contributed by atoms with van der Waals surface area (Å²) in [6, 6.07) is 53.8. The fraction of sp³-hybridized carbons (Fsp3) is 0.136. The summed E-state index contributed by atoms with van der Waals surface area (Å²) in [6.07, 6.45) is 0. The normalized spacial score (nSPS) is 13.3. The highest BCUT2D eigenvalue weighted by Crippen LogP contribution is 2.53. The van der Waals surface area contributed by atoms with Gasteiger partial charge in [0.1, 0.15) is 0 Å². The summed E-state index contributed by atoms with van der Waals surface area (Å²) in [5, 5.41) is 4.95. The molecule has 1 aliphatic carbocycles. The van der Waals surface area contributed by atoms with Crippen LogP contribution in [0.4, 0.5) is 17.1 Å². The molecule has 0 amide bonds. The molecule has 1 heteroatoms. The van der Waals surface area contributed by atoms with Crippen LogP contribution in [0.5, 0.6) is 0 Å². The minimum absolute atomic E-state index is 0.105. The maximum absolute atomic E-state index is 2.48. The van der Waals surface area contributed by atoms with Crippen molar-refractivity contribution >= 4 is 38.6 Å². The summed E-state index contributed by atoms with van der Waals surface area (Å²) in [7, 11) is 0. The Balaban J connectivity index is 1.42. The van der Waals surface area contributed by atoms with Crippen LogP contribution in [0.1, 0.15) is 50.3 Å². The average Bonchev–Trinajstić information content (AvgIpc) is 3.30.